The van der Waals surface area contributed by atoms with Crippen LogP contribution in [0.4, 0.5) is 0 Å². The van der Waals surface area contributed by atoms with Gasteiger partial charge in [-0.05, 0) is 6.42 Å². The molecule has 0 nitrogen and oxygen atoms in total. The van der Waals surface area contributed by atoms with E-state index in [-0.39, 0.29) is 0 Å². The summed E-state index contributed by atoms with van der Waals surface area (Å²) in [6.45, 7) is 4.57. The minimum atomic E-state index is 1.32. The molecule has 0 aromatic heterocycles. The highest BCUT2D eigenvalue weighted by atomic mass is 14.0. The van der Waals surface area contributed by atoms with Gasteiger partial charge in [0.1, 0.15) is 0 Å². The molecule has 0 rings (SSSR count). The van der Waals surface area contributed by atoms with Gasteiger partial charge in [-0.15, -0.1) is 0 Å². The highest BCUT2D eigenvalue weighted by Crippen LogP contribution is 2.15. The average Bonchev–Trinajstić information content (AvgIpc) is 2.66. The summed E-state index contributed by atoms with van der Waals surface area (Å²) in [6.07, 6.45) is 35.9. The maximum Gasteiger partial charge on any atom is -0.0386 e. The Morgan fingerprint density at radius 1 is 0.308 bits per heavy atom. The molecule has 0 amide bonds. The molecule has 26 heavy (non-hydrogen) atoms. The molecule has 0 aliphatic carbocycles. The molecule has 0 atom stereocenters. The topological polar surface area (TPSA) is 0 Å². The van der Waals surface area contributed by atoms with Crippen LogP contribution in [0.1, 0.15) is 162 Å². The summed E-state index contributed by atoms with van der Waals surface area (Å²) >= 11 is 0. The Bertz CT molecular complexity index is 196. The van der Waals surface area contributed by atoms with E-state index in [2.05, 4.69) is 20.3 Å². The maximum absolute atomic E-state index is 2.48. The van der Waals surface area contributed by atoms with Crippen molar-refractivity contribution in [2.75, 3.05) is 0 Å². The Balaban J connectivity index is 2.95. The van der Waals surface area contributed by atoms with Gasteiger partial charge in [0, 0.05) is 0 Å². The van der Waals surface area contributed by atoms with E-state index < -0.39 is 0 Å². The molecule has 0 aromatic carbocycles. The highest BCUT2D eigenvalue weighted by molar-refractivity contribution is 4.63. The first-order valence-electron chi connectivity index (χ1n) is 12.7. The van der Waals surface area contributed by atoms with Crippen LogP contribution in [0.3, 0.4) is 0 Å². The van der Waals surface area contributed by atoms with Crippen molar-refractivity contribution in [2.45, 2.75) is 162 Å². The average molecular weight is 366 g/mol. The second-order valence-electron chi connectivity index (χ2n) is 8.58. The summed E-state index contributed by atoms with van der Waals surface area (Å²) in [4.78, 5) is 0. The fraction of sp³-hybridized carbons (Fsp3) is 0.962. The molecule has 0 aliphatic heterocycles. The Labute approximate surface area is 168 Å². The third kappa shape index (κ3) is 24.0. The van der Waals surface area contributed by atoms with E-state index in [1.54, 1.807) is 0 Å². The van der Waals surface area contributed by atoms with Gasteiger partial charge in [-0.3, -0.25) is 0 Å². The van der Waals surface area contributed by atoms with E-state index >= 15 is 0 Å². The lowest BCUT2D eigenvalue weighted by atomic mass is 10.0. The molecule has 0 heterocycles. The normalized spacial score (nSPS) is 11.3. The van der Waals surface area contributed by atoms with Crippen LogP contribution >= 0.6 is 0 Å². The van der Waals surface area contributed by atoms with Crippen molar-refractivity contribution in [2.24, 2.45) is 0 Å². The second-order valence-corrected chi connectivity index (χ2v) is 8.58. The van der Waals surface area contributed by atoms with Crippen molar-refractivity contribution in [1.29, 1.82) is 0 Å². The lowest BCUT2D eigenvalue weighted by molar-refractivity contribution is 0.521. The van der Waals surface area contributed by atoms with E-state index in [9.17, 15) is 0 Å². The molecule has 1 radical (unpaired) electrons. The SMILES string of the molecule is CCC[CH]CCCCCCCCCCCCCCCCCCCCCC. The molecule has 0 bridgehead atoms. The molecule has 0 N–H and O–H groups in total. The third-order valence-electron chi connectivity index (χ3n) is 5.75. The zero-order chi connectivity index (χ0) is 19.0. The van der Waals surface area contributed by atoms with Crippen molar-refractivity contribution in [1.82, 2.24) is 0 Å². The van der Waals surface area contributed by atoms with Gasteiger partial charge in [0.2, 0.25) is 0 Å². The number of rotatable bonds is 23. The van der Waals surface area contributed by atoms with Crippen LogP contribution in [-0.2, 0) is 0 Å². The van der Waals surface area contributed by atoms with Gasteiger partial charge in [-0.25, -0.2) is 0 Å². The summed E-state index contributed by atoms with van der Waals surface area (Å²) < 4.78 is 0. The van der Waals surface area contributed by atoms with E-state index in [1.165, 1.54) is 148 Å². The van der Waals surface area contributed by atoms with Gasteiger partial charge < -0.3 is 0 Å². The van der Waals surface area contributed by atoms with Crippen LogP contribution in [-0.4, -0.2) is 0 Å². The van der Waals surface area contributed by atoms with Crippen LogP contribution < -0.4 is 0 Å². The summed E-state index contributed by atoms with van der Waals surface area (Å²) in [7, 11) is 0. The molecule has 0 fully saturated rings. The first-order valence-corrected chi connectivity index (χ1v) is 12.7. The van der Waals surface area contributed by atoms with Gasteiger partial charge in [0.05, 0.1) is 0 Å². The molecular weight excluding hydrogens is 312 g/mol. The number of hydrogen-bond acceptors (Lipinski definition) is 0. The van der Waals surface area contributed by atoms with Crippen LogP contribution in [0.2, 0.25) is 0 Å². The molecule has 157 valence electrons. The zero-order valence-corrected chi connectivity index (χ0v) is 18.8. The summed E-state index contributed by atoms with van der Waals surface area (Å²) in [5.41, 5.74) is 0. The number of unbranched alkanes of at least 4 members (excludes halogenated alkanes) is 23. The fourth-order valence-electron chi connectivity index (χ4n) is 3.89. The first kappa shape index (κ1) is 26.0. The molecular formula is C26H53. The standard InChI is InChI=1S/C26H53/c1-3-5-7-9-11-13-15-17-19-21-23-25-26-24-22-20-18-16-14-12-10-8-6-4-2/h7H,3-6,8-26H2,1-2H3. The van der Waals surface area contributed by atoms with Crippen LogP contribution in [0.25, 0.3) is 0 Å². The Kier molecular flexibility index (Phi) is 25.0. The molecule has 0 saturated heterocycles. The Hall–Kier alpha value is 0. The Morgan fingerprint density at radius 2 is 0.615 bits per heavy atom. The lowest BCUT2D eigenvalue weighted by Gasteiger charge is -2.04. The predicted octanol–water partition coefficient (Wildman–Crippen LogP) is 10.2. The minimum absolute atomic E-state index is 1.32. The minimum Gasteiger partial charge on any atom is -0.0654 e. The summed E-state index contributed by atoms with van der Waals surface area (Å²) in [5.74, 6) is 0. The van der Waals surface area contributed by atoms with E-state index in [0.717, 1.165) is 0 Å². The third-order valence-corrected chi connectivity index (χ3v) is 5.75. The van der Waals surface area contributed by atoms with Gasteiger partial charge in [-0.1, -0.05) is 162 Å². The summed E-state index contributed by atoms with van der Waals surface area (Å²) in [6, 6.07) is 0. The largest absolute Gasteiger partial charge is 0.0654 e. The monoisotopic (exact) mass is 365 g/mol. The van der Waals surface area contributed by atoms with Crippen LogP contribution in [0.15, 0.2) is 0 Å². The molecule has 0 aromatic rings. The molecule has 0 unspecified atom stereocenters. The second kappa shape index (κ2) is 25.0. The Morgan fingerprint density at radius 3 is 0.923 bits per heavy atom. The molecule has 0 saturated carbocycles. The van der Waals surface area contributed by atoms with E-state index in [0.29, 0.717) is 0 Å². The van der Waals surface area contributed by atoms with Crippen molar-refractivity contribution < 1.29 is 0 Å². The molecule has 0 heteroatoms. The highest BCUT2D eigenvalue weighted by Gasteiger charge is 1.95. The molecule has 0 spiro atoms. The molecule has 0 aliphatic rings. The van der Waals surface area contributed by atoms with Gasteiger partial charge in [0.25, 0.3) is 0 Å². The summed E-state index contributed by atoms with van der Waals surface area (Å²) in [5, 5.41) is 0. The van der Waals surface area contributed by atoms with Crippen LogP contribution in [0.5, 0.6) is 0 Å². The van der Waals surface area contributed by atoms with Gasteiger partial charge in [-0.2, -0.15) is 0 Å². The quantitative estimate of drug-likeness (QED) is 0.158. The van der Waals surface area contributed by atoms with E-state index in [1.807, 2.05) is 0 Å². The van der Waals surface area contributed by atoms with Crippen LogP contribution in [0, 0.1) is 6.42 Å². The van der Waals surface area contributed by atoms with Crippen molar-refractivity contribution in [3.63, 3.8) is 0 Å². The van der Waals surface area contributed by atoms with Gasteiger partial charge in [0.15, 0.2) is 0 Å². The van der Waals surface area contributed by atoms with Crippen molar-refractivity contribution in [3.8, 4) is 0 Å². The fourth-order valence-corrected chi connectivity index (χ4v) is 3.89. The van der Waals surface area contributed by atoms with Crippen molar-refractivity contribution in [3.05, 3.63) is 6.42 Å². The smallest absolute Gasteiger partial charge is 0.0386 e. The maximum atomic E-state index is 2.48. The lowest BCUT2D eigenvalue weighted by Crippen LogP contribution is -1.84. The van der Waals surface area contributed by atoms with Gasteiger partial charge >= 0.3 is 0 Å². The predicted molar refractivity (Wildman–Crippen MR) is 122 cm³/mol. The zero-order valence-electron chi connectivity index (χ0n) is 18.8. The number of hydrogen-bond donors (Lipinski definition) is 0. The van der Waals surface area contributed by atoms with Crippen molar-refractivity contribution >= 4 is 0 Å². The van der Waals surface area contributed by atoms with E-state index in [4.69, 9.17) is 0 Å². The first-order chi connectivity index (χ1) is 12.9.